The Hall–Kier alpha value is -2.61. The monoisotopic (exact) mass is 408 g/mol. The number of Topliss-reactive ketones (excluding diaryl/α,β-unsaturated/α-hetero) is 1. The number of carbonyl (C=O) groups is 1. The van der Waals surface area contributed by atoms with E-state index in [4.69, 9.17) is 10.00 Å². The number of hydrogen-bond donors (Lipinski definition) is 0. The normalized spacial score (nSPS) is 13.1. The molecular weight excluding hydrogens is 398 g/mol. The van der Waals surface area contributed by atoms with Crippen molar-refractivity contribution >= 4 is 17.1 Å². The number of alkyl halides is 6. The van der Waals surface area contributed by atoms with Crippen molar-refractivity contribution < 1.29 is 35.9 Å². The van der Waals surface area contributed by atoms with Crippen LogP contribution in [-0.4, -0.2) is 17.4 Å². The molecule has 0 fully saturated rings. The fourth-order valence-electron chi connectivity index (χ4n) is 2.02. The van der Waals surface area contributed by atoms with E-state index in [0.717, 1.165) is 11.3 Å². The van der Waals surface area contributed by atoms with Crippen LogP contribution in [0, 0.1) is 18.3 Å². The smallest absolute Gasteiger partial charge is 0.416 e. The quantitative estimate of drug-likeness (QED) is 0.671. The van der Waals surface area contributed by atoms with Crippen molar-refractivity contribution in [1.82, 2.24) is 4.98 Å². The van der Waals surface area contributed by atoms with Gasteiger partial charge in [-0.2, -0.15) is 31.6 Å². The summed E-state index contributed by atoms with van der Waals surface area (Å²) in [6, 6.07) is 2.36. The van der Waals surface area contributed by atoms with Crippen LogP contribution in [0.1, 0.15) is 27.7 Å². The lowest BCUT2D eigenvalue weighted by atomic mass is 10.1. The van der Waals surface area contributed by atoms with E-state index in [2.05, 4.69) is 4.98 Å². The molecule has 1 aromatic heterocycles. The maximum atomic E-state index is 12.8. The SMILES string of the molecule is Cc1csc([C@@H](C#N)C(=O)COc2cc(C(F)(F)F)cc(C(F)(F)F)c2)n1. The molecule has 0 aliphatic rings. The summed E-state index contributed by atoms with van der Waals surface area (Å²) in [7, 11) is 0. The molecule has 0 aliphatic carbocycles. The zero-order valence-electron chi connectivity index (χ0n) is 13.5. The first-order chi connectivity index (χ1) is 12.4. The van der Waals surface area contributed by atoms with Gasteiger partial charge in [0.05, 0.1) is 17.2 Å². The van der Waals surface area contributed by atoms with Gasteiger partial charge in [0.2, 0.25) is 0 Å². The highest BCUT2D eigenvalue weighted by atomic mass is 32.1. The van der Waals surface area contributed by atoms with Gasteiger partial charge < -0.3 is 4.74 Å². The molecule has 0 amide bonds. The second-order valence-corrected chi connectivity index (χ2v) is 6.28. The Morgan fingerprint density at radius 3 is 2.15 bits per heavy atom. The van der Waals surface area contributed by atoms with Gasteiger partial charge in [-0.15, -0.1) is 11.3 Å². The molecule has 144 valence electrons. The third kappa shape index (κ3) is 5.19. The summed E-state index contributed by atoms with van der Waals surface area (Å²) in [5, 5.41) is 10.9. The van der Waals surface area contributed by atoms with E-state index in [-0.39, 0.29) is 11.1 Å². The standard InChI is InChI=1S/C16H10F6N2O2S/c1-8-7-27-14(24-8)12(5-23)13(25)6-26-11-3-9(15(17,18)19)2-10(4-11)16(20,21)22/h2-4,7,12H,6H2,1H3/t12-/m0/s1. The van der Waals surface area contributed by atoms with Gasteiger partial charge in [-0.3, -0.25) is 4.79 Å². The fraction of sp³-hybridized carbons (Fsp3) is 0.312. The highest BCUT2D eigenvalue weighted by molar-refractivity contribution is 7.09. The van der Waals surface area contributed by atoms with E-state index in [1.54, 1.807) is 18.4 Å². The van der Waals surface area contributed by atoms with Gasteiger partial charge in [0.25, 0.3) is 0 Å². The maximum absolute atomic E-state index is 12.8. The Balaban J connectivity index is 2.24. The molecule has 0 spiro atoms. The predicted molar refractivity (Wildman–Crippen MR) is 82.2 cm³/mol. The molecule has 1 atom stereocenters. The highest BCUT2D eigenvalue weighted by Gasteiger charge is 2.37. The number of thiazole rings is 1. The summed E-state index contributed by atoms with van der Waals surface area (Å²) in [6.07, 6.45) is -10.1. The average molecular weight is 408 g/mol. The molecule has 0 aliphatic heterocycles. The van der Waals surface area contributed by atoms with E-state index in [0.29, 0.717) is 17.8 Å². The first-order valence-electron chi connectivity index (χ1n) is 7.18. The van der Waals surface area contributed by atoms with Crippen molar-refractivity contribution in [2.24, 2.45) is 0 Å². The van der Waals surface area contributed by atoms with Gasteiger partial charge in [-0.25, -0.2) is 4.98 Å². The summed E-state index contributed by atoms with van der Waals surface area (Å²) in [6.45, 7) is 0.756. The number of ether oxygens (including phenoxy) is 1. The number of aryl methyl sites for hydroxylation is 1. The number of nitriles is 1. The summed E-state index contributed by atoms with van der Waals surface area (Å²) in [5.41, 5.74) is -2.56. The molecule has 1 aromatic carbocycles. The zero-order chi connectivity index (χ0) is 20.4. The number of halogens is 6. The molecule has 0 saturated carbocycles. The third-order valence-corrected chi connectivity index (χ3v) is 4.30. The molecule has 1 heterocycles. The third-order valence-electron chi connectivity index (χ3n) is 3.28. The van der Waals surface area contributed by atoms with Crippen molar-refractivity contribution in [3.8, 4) is 11.8 Å². The van der Waals surface area contributed by atoms with Crippen LogP contribution in [0.25, 0.3) is 0 Å². The maximum Gasteiger partial charge on any atom is 0.416 e. The van der Waals surface area contributed by atoms with Crippen LogP contribution in [0.15, 0.2) is 23.6 Å². The Labute approximate surface area is 153 Å². The summed E-state index contributed by atoms with van der Waals surface area (Å²) in [5.74, 6) is -2.94. The number of aromatic nitrogens is 1. The minimum Gasteiger partial charge on any atom is -0.486 e. The molecule has 0 N–H and O–H groups in total. The molecule has 0 unspecified atom stereocenters. The molecule has 2 rings (SSSR count). The Bertz CT molecular complexity index is 850. The largest absolute Gasteiger partial charge is 0.486 e. The molecule has 0 radical (unpaired) electrons. The lowest BCUT2D eigenvalue weighted by Crippen LogP contribution is -2.19. The number of benzene rings is 1. The molecule has 2 aromatic rings. The number of carbonyl (C=O) groups excluding carboxylic acids is 1. The molecular formula is C16H10F6N2O2S. The number of rotatable bonds is 5. The molecule has 27 heavy (non-hydrogen) atoms. The summed E-state index contributed by atoms with van der Waals surface area (Å²) in [4.78, 5) is 16.1. The first-order valence-corrected chi connectivity index (χ1v) is 8.06. The zero-order valence-corrected chi connectivity index (χ0v) is 14.3. The van der Waals surface area contributed by atoms with E-state index >= 15 is 0 Å². The van der Waals surface area contributed by atoms with Crippen molar-refractivity contribution in [2.75, 3.05) is 6.61 Å². The fourth-order valence-corrected chi connectivity index (χ4v) is 2.88. The Kier molecular flexibility index (Phi) is 5.79. The van der Waals surface area contributed by atoms with Crippen LogP contribution in [0.2, 0.25) is 0 Å². The van der Waals surface area contributed by atoms with Crippen LogP contribution >= 0.6 is 11.3 Å². The van der Waals surface area contributed by atoms with Gasteiger partial charge >= 0.3 is 12.4 Å². The van der Waals surface area contributed by atoms with Crippen LogP contribution in [0.5, 0.6) is 5.75 Å². The minimum absolute atomic E-state index is 0.0505. The Morgan fingerprint density at radius 2 is 1.74 bits per heavy atom. The van der Waals surface area contributed by atoms with Gasteiger partial charge in [0, 0.05) is 11.1 Å². The minimum atomic E-state index is -5.03. The van der Waals surface area contributed by atoms with Crippen LogP contribution in [0.4, 0.5) is 26.3 Å². The molecule has 4 nitrogen and oxygen atoms in total. The van der Waals surface area contributed by atoms with Gasteiger partial charge in [-0.1, -0.05) is 0 Å². The number of ketones is 1. The molecule has 0 bridgehead atoms. The number of hydrogen-bond acceptors (Lipinski definition) is 5. The summed E-state index contributed by atoms with van der Waals surface area (Å²) >= 11 is 1.04. The van der Waals surface area contributed by atoms with Crippen molar-refractivity contribution in [3.05, 3.63) is 45.4 Å². The number of nitrogens with zero attached hydrogens (tertiary/aromatic N) is 2. The molecule has 11 heteroatoms. The van der Waals surface area contributed by atoms with E-state index < -0.39 is 47.5 Å². The van der Waals surface area contributed by atoms with E-state index in [1.165, 1.54) is 0 Å². The second kappa shape index (κ2) is 7.56. The Morgan fingerprint density at radius 1 is 1.19 bits per heavy atom. The lowest BCUT2D eigenvalue weighted by molar-refractivity contribution is -0.143. The van der Waals surface area contributed by atoms with E-state index in [9.17, 15) is 31.1 Å². The molecule has 0 saturated heterocycles. The first kappa shape index (κ1) is 20.7. The average Bonchev–Trinajstić information content (AvgIpc) is 2.98. The van der Waals surface area contributed by atoms with E-state index in [1.807, 2.05) is 0 Å². The van der Waals surface area contributed by atoms with Gasteiger partial charge in [-0.05, 0) is 25.1 Å². The van der Waals surface area contributed by atoms with Crippen molar-refractivity contribution in [2.45, 2.75) is 25.2 Å². The van der Waals surface area contributed by atoms with Crippen LogP contribution in [-0.2, 0) is 17.1 Å². The van der Waals surface area contributed by atoms with Gasteiger partial charge in [0.15, 0.2) is 11.7 Å². The summed E-state index contributed by atoms with van der Waals surface area (Å²) < 4.78 is 81.6. The lowest BCUT2D eigenvalue weighted by Gasteiger charge is -2.15. The van der Waals surface area contributed by atoms with Crippen molar-refractivity contribution in [3.63, 3.8) is 0 Å². The van der Waals surface area contributed by atoms with Gasteiger partial charge in [0.1, 0.15) is 17.4 Å². The van der Waals surface area contributed by atoms with Crippen molar-refractivity contribution in [1.29, 1.82) is 5.26 Å². The van der Waals surface area contributed by atoms with Crippen LogP contribution < -0.4 is 4.74 Å². The topological polar surface area (TPSA) is 63.0 Å². The van der Waals surface area contributed by atoms with Crippen LogP contribution in [0.3, 0.4) is 0 Å². The second-order valence-electron chi connectivity index (χ2n) is 5.39. The highest BCUT2D eigenvalue weighted by Crippen LogP contribution is 2.38. The predicted octanol–water partition coefficient (Wildman–Crippen LogP) is 4.74.